The summed E-state index contributed by atoms with van der Waals surface area (Å²) < 4.78 is 0. The second kappa shape index (κ2) is 11.6. The van der Waals surface area contributed by atoms with E-state index >= 15 is 0 Å². The minimum atomic E-state index is 0.998. The highest BCUT2D eigenvalue weighted by atomic mass is 14.7. The molecule has 0 aliphatic carbocycles. The zero-order valence-corrected chi connectivity index (χ0v) is 18.2. The molecular weight excluding hydrogens is 350 g/mol. The van der Waals surface area contributed by atoms with Crippen molar-refractivity contribution >= 4 is 0 Å². The summed E-state index contributed by atoms with van der Waals surface area (Å²) in [6.07, 6.45) is 0. The summed E-state index contributed by atoms with van der Waals surface area (Å²) in [7, 11) is 0. The second-order valence-corrected chi connectivity index (χ2v) is 6.22. The highest BCUT2D eigenvalue weighted by Crippen LogP contribution is 2.30. The van der Waals surface area contributed by atoms with Crippen molar-refractivity contribution in [2.24, 2.45) is 0 Å². The minimum Gasteiger partial charge on any atom is -0.248 e. The van der Waals surface area contributed by atoms with Crippen molar-refractivity contribution in [3.05, 3.63) is 103 Å². The van der Waals surface area contributed by atoms with E-state index in [0.717, 1.165) is 22.5 Å². The molecule has 0 atom stereocenters. The summed E-state index contributed by atoms with van der Waals surface area (Å²) in [5.74, 6) is 0. The fraction of sp³-hybridized carbons (Fsp3) is 0.179. The first-order valence-corrected chi connectivity index (χ1v) is 10.5. The van der Waals surface area contributed by atoms with Gasteiger partial charge in [0.05, 0.1) is 11.4 Å². The van der Waals surface area contributed by atoms with E-state index < -0.39 is 0 Å². The number of hydrogen-bond acceptors (Lipinski definition) is 1. The van der Waals surface area contributed by atoms with Crippen LogP contribution in [0.1, 0.15) is 33.3 Å². The lowest BCUT2D eigenvalue weighted by molar-refractivity contribution is 1.32. The molecule has 1 nitrogen and oxygen atoms in total. The molecule has 148 valence electrons. The van der Waals surface area contributed by atoms with Gasteiger partial charge in [-0.2, -0.15) is 0 Å². The van der Waals surface area contributed by atoms with E-state index in [2.05, 4.69) is 91.9 Å². The third-order valence-corrected chi connectivity index (χ3v) is 4.35. The van der Waals surface area contributed by atoms with Gasteiger partial charge >= 0.3 is 0 Å². The number of nitrogens with zero attached hydrogens (tertiary/aromatic N) is 1. The number of rotatable bonds is 3. The van der Waals surface area contributed by atoms with Crippen LogP contribution in [0.15, 0.2) is 97.1 Å². The molecule has 4 rings (SSSR count). The number of pyridine rings is 1. The van der Waals surface area contributed by atoms with Gasteiger partial charge < -0.3 is 0 Å². The first-order valence-electron chi connectivity index (χ1n) is 10.5. The Hall–Kier alpha value is -3.19. The predicted octanol–water partition coefficient (Wildman–Crippen LogP) is 8.44. The molecule has 0 N–H and O–H groups in total. The minimum absolute atomic E-state index is 0.998. The third kappa shape index (κ3) is 5.89. The van der Waals surface area contributed by atoms with Crippen LogP contribution in [0, 0.1) is 6.92 Å². The Labute approximate surface area is 176 Å². The highest BCUT2D eigenvalue weighted by Gasteiger charge is 2.08. The molecule has 0 unspecified atom stereocenters. The van der Waals surface area contributed by atoms with E-state index in [0.29, 0.717) is 0 Å². The van der Waals surface area contributed by atoms with Crippen molar-refractivity contribution in [1.82, 2.24) is 4.98 Å². The molecule has 0 fully saturated rings. The van der Waals surface area contributed by atoms with E-state index in [-0.39, 0.29) is 0 Å². The normalized spacial score (nSPS) is 9.55. The van der Waals surface area contributed by atoms with Gasteiger partial charge in [0.15, 0.2) is 0 Å². The Morgan fingerprint density at radius 3 is 1.34 bits per heavy atom. The molecule has 0 aliphatic rings. The summed E-state index contributed by atoms with van der Waals surface area (Å²) in [4.78, 5) is 4.93. The van der Waals surface area contributed by atoms with Crippen LogP contribution in [0.3, 0.4) is 0 Å². The van der Waals surface area contributed by atoms with Gasteiger partial charge in [0.2, 0.25) is 0 Å². The molecule has 0 amide bonds. The van der Waals surface area contributed by atoms with Gasteiger partial charge in [-0.1, -0.05) is 118 Å². The predicted molar refractivity (Wildman–Crippen MR) is 128 cm³/mol. The average molecular weight is 382 g/mol. The van der Waals surface area contributed by atoms with Crippen LogP contribution >= 0.6 is 0 Å². The van der Waals surface area contributed by atoms with E-state index in [1.165, 1.54) is 16.7 Å². The Balaban J connectivity index is 0.000000707. The second-order valence-electron chi connectivity index (χ2n) is 6.22. The summed E-state index contributed by atoms with van der Waals surface area (Å²) in [5.41, 5.74) is 7.92. The third-order valence-electron chi connectivity index (χ3n) is 4.35. The van der Waals surface area contributed by atoms with Crippen molar-refractivity contribution in [3.8, 4) is 33.6 Å². The SMILES string of the molecule is CC.CC.Cc1ccc(-c2cc(-c3ccccc3)cc(-c3ccccc3)n2)cc1. The Bertz CT molecular complexity index is 914. The maximum absolute atomic E-state index is 4.93. The Morgan fingerprint density at radius 1 is 0.448 bits per heavy atom. The molecule has 0 aliphatic heterocycles. The lowest BCUT2D eigenvalue weighted by atomic mass is 10.00. The molecule has 29 heavy (non-hydrogen) atoms. The van der Waals surface area contributed by atoms with Crippen LogP contribution in [0.5, 0.6) is 0 Å². The summed E-state index contributed by atoms with van der Waals surface area (Å²) in [6.45, 7) is 10.1. The largest absolute Gasteiger partial charge is 0.248 e. The first kappa shape index (κ1) is 22.1. The molecule has 3 aromatic carbocycles. The van der Waals surface area contributed by atoms with Gasteiger partial charge in [-0.3, -0.25) is 0 Å². The van der Waals surface area contributed by atoms with Crippen LogP contribution in [0.2, 0.25) is 0 Å². The molecule has 1 heteroatoms. The van der Waals surface area contributed by atoms with Crippen molar-refractivity contribution in [2.45, 2.75) is 34.6 Å². The lowest BCUT2D eigenvalue weighted by Gasteiger charge is -2.10. The zero-order chi connectivity index (χ0) is 21.1. The van der Waals surface area contributed by atoms with E-state index in [4.69, 9.17) is 4.98 Å². The first-order chi connectivity index (χ1) is 14.3. The van der Waals surface area contributed by atoms with Crippen molar-refractivity contribution in [1.29, 1.82) is 0 Å². The smallest absolute Gasteiger partial charge is 0.0715 e. The maximum atomic E-state index is 4.93. The summed E-state index contributed by atoms with van der Waals surface area (Å²) in [6, 6.07) is 33.7. The molecule has 0 saturated carbocycles. The molecule has 0 saturated heterocycles. The molecule has 0 bridgehead atoms. The van der Waals surface area contributed by atoms with E-state index in [9.17, 15) is 0 Å². The van der Waals surface area contributed by atoms with Crippen LogP contribution in [0.4, 0.5) is 0 Å². The highest BCUT2D eigenvalue weighted by molar-refractivity contribution is 5.76. The fourth-order valence-corrected chi connectivity index (χ4v) is 2.96. The number of aryl methyl sites for hydroxylation is 1. The average Bonchev–Trinajstić information content (AvgIpc) is 2.83. The van der Waals surface area contributed by atoms with Gasteiger partial charge in [0.25, 0.3) is 0 Å². The Morgan fingerprint density at radius 2 is 0.862 bits per heavy atom. The van der Waals surface area contributed by atoms with Gasteiger partial charge in [0, 0.05) is 11.1 Å². The zero-order valence-electron chi connectivity index (χ0n) is 18.2. The maximum Gasteiger partial charge on any atom is 0.0715 e. The summed E-state index contributed by atoms with van der Waals surface area (Å²) >= 11 is 0. The lowest BCUT2D eigenvalue weighted by Crippen LogP contribution is -1.91. The molecular formula is C28H31N. The van der Waals surface area contributed by atoms with Crippen molar-refractivity contribution in [3.63, 3.8) is 0 Å². The van der Waals surface area contributed by atoms with Crippen LogP contribution in [-0.2, 0) is 0 Å². The Kier molecular flexibility index (Phi) is 8.85. The molecule has 1 heterocycles. The fourth-order valence-electron chi connectivity index (χ4n) is 2.96. The van der Waals surface area contributed by atoms with Crippen molar-refractivity contribution < 1.29 is 0 Å². The van der Waals surface area contributed by atoms with Gasteiger partial charge in [0.1, 0.15) is 0 Å². The van der Waals surface area contributed by atoms with E-state index in [1.54, 1.807) is 0 Å². The van der Waals surface area contributed by atoms with Crippen LogP contribution in [-0.4, -0.2) is 4.98 Å². The standard InChI is InChI=1S/C24H19N.2C2H6/c1-18-12-14-21(15-13-18)24-17-22(19-8-4-2-5-9-19)16-23(25-24)20-10-6-3-7-11-20;2*1-2/h2-17H,1H3;2*1-2H3. The number of hydrogen-bond donors (Lipinski definition) is 0. The monoisotopic (exact) mass is 381 g/mol. The van der Waals surface area contributed by atoms with E-state index in [1.807, 2.05) is 39.8 Å². The van der Waals surface area contributed by atoms with Gasteiger partial charge in [-0.15, -0.1) is 0 Å². The molecule has 4 aromatic rings. The molecule has 0 spiro atoms. The number of benzene rings is 3. The van der Waals surface area contributed by atoms with Gasteiger partial charge in [-0.25, -0.2) is 4.98 Å². The van der Waals surface area contributed by atoms with Crippen LogP contribution < -0.4 is 0 Å². The molecule has 1 aromatic heterocycles. The quantitative estimate of drug-likeness (QED) is 0.347. The topological polar surface area (TPSA) is 12.9 Å². The molecule has 0 radical (unpaired) electrons. The number of aromatic nitrogens is 1. The van der Waals surface area contributed by atoms with Crippen LogP contribution in [0.25, 0.3) is 33.6 Å². The summed E-state index contributed by atoms with van der Waals surface area (Å²) in [5, 5.41) is 0. The van der Waals surface area contributed by atoms with Gasteiger partial charge in [-0.05, 0) is 30.2 Å². The van der Waals surface area contributed by atoms with Crippen molar-refractivity contribution in [2.75, 3.05) is 0 Å².